The van der Waals surface area contributed by atoms with Gasteiger partial charge in [-0.15, -0.1) is 11.3 Å². The van der Waals surface area contributed by atoms with Gasteiger partial charge in [-0.25, -0.2) is 8.42 Å². The molecule has 5 heteroatoms. The molecule has 0 amide bonds. The molecule has 1 aliphatic rings. The number of thiophene rings is 1. The highest BCUT2D eigenvalue weighted by Gasteiger charge is 2.30. The second kappa shape index (κ2) is 3.88. The summed E-state index contributed by atoms with van der Waals surface area (Å²) in [5.41, 5.74) is 1.18. The largest absolute Gasteiger partial charge is 0.305 e. The first-order valence-corrected chi connectivity index (χ1v) is 7.68. The van der Waals surface area contributed by atoms with E-state index in [1.807, 2.05) is 25.3 Å². The second-order valence-corrected chi connectivity index (χ2v) is 7.27. The lowest BCUT2D eigenvalue weighted by molar-refractivity contribution is 0.472. The zero-order chi connectivity index (χ0) is 11.1. The van der Waals surface area contributed by atoms with Crippen molar-refractivity contribution in [2.24, 2.45) is 0 Å². The van der Waals surface area contributed by atoms with Crippen LogP contribution in [-0.2, 0) is 9.84 Å². The highest BCUT2D eigenvalue weighted by atomic mass is 32.2. The van der Waals surface area contributed by atoms with Gasteiger partial charge in [0.05, 0.1) is 17.5 Å². The molecule has 2 atom stereocenters. The molecule has 0 bridgehead atoms. The predicted molar refractivity (Wildman–Crippen MR) is 63.0 cm³/mol. The van der Waals surface area contributed by atoms with E-state index < -0.39 is 9.84 Å². The molecule has 1 saturated heterocycles. The maximum absolute atomic E-state index is 11.6. The van der Waals surface area contributed by atoms with Crippen LogP contribution in [0, 0.1) is 6.92 Å². The molecule has 0 radical (unpaired) electrons. The molecular weight excluding hydrogens is 230 g/mol. The summed E-state index contributed by atoms with van der Waals surface area (Å²) in [7, 11) is -2.88. The SMILES string of the molecule is Cc1ccsc1C1CS(=O)(=O)CC(C)N1. The molecule has 1 N–H and O–H groups in total. The zero-order valence-corrected chi connectivity index (χ0v) is 10.5. The third-order valence-electron chi connectivity index (χ3n) is 2.63. The first-order chi connectivity index (χ1) is 6.98. The molecule has 1 aliphatic heterocycles. The van der Waals surface area contributed by atoms with Crippen LogP contribution >= 0.6 is 11.3 Å². The molecule has 2 heterocycles. The van der Waals surface area contributed by atoms with Crippen molar-refractivity contribution >= 4 is 21.2 Å². The summed E-state index contributed by atoms with van der Waals surface area (Å²) in [5, 5.41) is 5.36. The van der Waals surface area contributed by atoms with Crippen LogP contribution in [0.4, 0.5) is 0 Å². The van der Waals surface area contributed by atoms with Gasteiger partial charge in [0.2, 0.25) is 0 Å². The summed E-state index contributed by atoms with van der Waals surface area (Å²) in [4.78, 5) is 1.16. The van der Waals surface area contributed by atoms with Crippen LogP contribution in [0.5, 0.6) is 0 Å². The smallest absolute Gasteiger partial charge is 0.153 e. The number of rotatable bonds is 1. The van der Waals surface area contributed by atoms with Crippen LogP contribution < -0.4 is 5.32 Å². The van der Waals surface area contributed by atoms with Crippen molar-refractivity contribution in [3.63, 3.8) is 0 Å². The van der Waals surface area contributed by atoms with Gasteiger partial charge >= 0.3 is 0 Å². The van der Waals surface area contributed by atoms with Gasteiger partial charge < -0.3 is 5.32 Å². The molecule has 1 fully saturated rings. The molecule has 84 valence electrons. The van der Waals surface area contributed by atoms with Gasteiger partial charge in [-0.3, -0.25) is 0 Å². The van der Waals surface area contributed by atoms with E-state index in [9.17, 15) is 8.42 Å². The first-order valence-electron chi connectivity index (χ1n) is 4.98. The maximum Gasteiger partial charge on any atom is 0.153 e. The van der Waals surface area contributed by atoms with Gasteiger partial charge in [0.1, 0.15) is 0 Å². The molecule has 0 aliphatic carbocycles. The van der Waals surface area contributed by atoms with E-state index in [0.717, 1.165) is 4.88 Å². The Morgan fingerprint density at radius 1 is 1.47 bits per heavy atom. The lowest BCUT2D eigenvalue weighted by Crippen LogP contribution is -2.45. The minimum Gasteiger partial charge on any atom is -0.305 e. The van der Waals surface area contributed by atoms with Crippen molar-refractivity contribution in [1.82, 2.24) is 5.32 Å². The Labute approximate surface area is 94.4 Å². The van der Waals surface area contributed by atoms with Gasteiger partial charge in [0.25, 0.3) is 0 Å². The van der Waals surface area contributed by atoms with Crippen LogP contribution in [0.1, 0.15) is 23.4 Å². The zero-order valence-electron chi connectivity index (χ0n) is 8.86. The Morgan fingerprint density at radius 2 is 2.20 bits per heavy atom. The van der Waals surface area contributed by atoms with Gasteiger partial charge in [-0.1, -0.05) is 0 Å². The standard InChI is InChI=1S/C10H15NO2S2/c1-7-3-4-14-10(7)9-6-15(12,13)5-8(2)11-9/h3-4,8-9,11H,5-6H2,1-2H3. The van der Waals surface area contributed by atoms with Crippen molar-refractivity contribution in [2.45, 2.75) is 25.9 Å². The number of hydrogen-bond donors (Lipinski definition) is 1. The fraction of sp³-hybridized carbons (Fsp3) is 0.600. The summed E-state index contributed by atoms with van der Waals surface area (Å²) < 4.78 is 23.3. The second-order valence-electron chi connectivity index (χ2n) is 4.17. The van der Waals surface area contributed by atoms with Gasteiger partial charge in [-0.05, 0) is 30.9 Å². The molecule has 1 aromatic rings. The van der Waals surface area contributed by atoms with E-state index in [4.69, 9.17) is 0 Å². The number of aryl methyl sites for hydroxylation is 1. The summed E-state index contributed by atoms with van der Waals surface area (Å²) in [6.07, 6.45) is 0. The molecule has 15 heavy (non-hydrogen) atoms. The summed E-state index contributed by atoms with van der Waals surface area (Å²) in [6.45, 7) is 3.95. The van der Waals surface area contributed by atoms with Crippen molar-refractivity contribution in [1.29, 1.82) is 0 Å². The predicted octanol–water partition coefficient (Wildman–Crippen LogP) is 1.50. The fourth-order valence-electron chi connectivity index (χ4n) is 2.04. The highest BCUT2D eigenvalue weighted by molar-refractivity contribution is 7.91. The Hall–Kier alpha value is -0.390. The molecule has 0 spiro atoms. The summed E-state index contributed by atoms with van der Waals surface area (Å²) >= 11 is 1.63. The van der Waals surface area contributed by atoms with Crippen molar-refractivity contribution in [2.75, 3.05) is 11.5 Å². The summed E-state index contributed by atoms with van der Waals surface area (Å²) in [5.74, 6) is 0.493. The molecule has 2 unspecified atom stereocenters. The Balaban J connectivity index is 2.28. The van der Waals surface area contributed by atoms with Crippen molar-refractivity contribution in [3.8, 4) is 0 Å². The molecule has 2 rings (SSSR count). The lowest BCUT2D eigenvalue weighted by atomic mass is 10.1. The molecule has 0 aromatic carbocycles. The monoisotopic (exact) mass is 245 g/mol. The van der Waals surface area contributed by atoms with Gasteiger partial charge in [-0.2, -0.15) is 0 Å². The van der Waals surface area contributed by atoms with E-state index in [0.29, 0.717) is 0 Å². The van der Waals surface area contributed by atoms with Gasteiger partial charge in [0.15, 0.2) is 9.84 Å². The Kier molecular flexibility index (Phi) is 2.87. The van der Waals surface area contributed by atoms with Crippen LogP contribution in [-0.4, -0.2) is 26.0 Å². The fourth-order valence-corrected chi connectivity index (χ4v) is 4.89. The average Bonchev–Trinajstić information content (AvgIpc) is 2.47. The van der Waals surface area contributed by atoms with Gasteiger partial charge in [0, 0.05) is 10.9 Å². The number of nitrogens with one attached hydrogen (secondary N) is 1. The maximum atomic E-state index is 11.6. The molecule has 3 nitrogen and oxygen atoms in total. The van der Waals surface area contributed by atoms with E-state index in [1.165, 1.54) is 5.56 Å². The van der Waals surface area contributed by atoms with Crippen LogP contribution in [0.2, 0.25) is 0 Å². The molecule has 1 aromatic heterocycles. The van der Waals surface area contributed by atoms with Crippen molar-refractivity contribution < 1.29 is 8.42 Å². The topological polar surface area (TPSA) is 46.2 Å². The van der Waals surface area contributed by atoms with Crippen LogP contribution in [0.3, 0.4) is 0 Å². The Bertz CT molecular complexity index is 450. The van der Waals surface area contributed by atoms with E-state index >= 15 is 0 Å². The van der Waals surface area contributed by atoms with Crippen LogP contribution in [0.15, 0.2) is 11.4 Å². The third kappa shape index (κ3) is 2.41. The van der Waals surface area contributed by atoms with E-state index in [2.05, 4.69) is 5.32 Å². The lowest BCUT2D eigenvalue weighted by Gasteiger charge is -2.28. The Morgan fingerprint density at radius 3 is 2.73 bits per heavy atom. The highest BCUT2D eigenvalue weighted by Crippen LogP contribution is 2.28. The summed E-state index contributed by atoms with van der Waals surface area (Å²) in [6, 6.07) is 2.07. The molecule has 0 saturated carbocycles. The number of sulfone groups is 1. The third-order valence-corrected chi connectivity index (χ3v) is 5.61. The normalized spacial score (nSPS) is 30.3. The first kappa shape index (κ1) is 11.1. The minimum atomic E-state index is -2.88. The average molecular weight is 245 g/mol. The van der Waals surface area contributed by atoms with Crippen molar-refractivity contribution in [3.05, 3.63) is 21.9 Å². The van der Waals surface area contributed by atoms with Crippen LogP contribution in [0.25, 0.3) is 0 Å². The molecular formula is C10H15NO2S2. The van der Waals surface area contributed by atoms with E-state index in [-0.39, 0.29) is 23.6 Å². The number of hydrogen-bond acceptors (Lipinski definition) is 4. The minimum absolute atomic E-state index is 0.0150. The quantitative estimate of drug-likeness (QED) is 0.815. The van der Waals surface area contributed by atoms with E-state index in [1.54, 1.807) is 11.3 Å².